The predicted molar refractivity (Wildman–Crippen MR) is 87.4 cm³/mol. The highest BCUT2D eigenvalue weighted by Gasteiger charge is 2.15. The minimum atomic E-state index is -0.349. The van der Waals surface area contributed by atoms with Crippen LogP contribution in [-0.2, 0) is 12.8 Å². The number of hydrogen-bond acceptors (Lipinski definition) is 3. The van der Waals surface area contributed by atoms with Gasteiger partial charge in [-0.15, -0.1) is 0 Å². The highest BCUT2D eigenvalue weighted by Crippen LogP contribution is 2.23. The van der Waals surface area contributed by atoms with Gasteiger partial charge < -0.3 is 5.73 Å². The fraction of sp³-hybridized carbons (Fsp3) is 0.250. The Hall–Kier alpha value is -1.72. The van der Waals surface area contributed by atoms with Crippen molar-refractivity contribution < 1.29 is 4.92 Å². The summed E-state index contributed by atoms with van der Waals surface area (Å²) in [6.45, 7) is 1.78. The average molecular weight is 349 g/mol. The van der Waals surface area contributed by atoms with E-state index in [0.29, 0.717) is 12.0 Å². The molecule has 5 heteroatoms. The third-order valence-corrected chi connectivity index (χ3v) is 4.31. The molecule has 2 aromatic rings. The minimum Gasteiger partial charge on any atom is -0.327 e. The Bertz CT molecular complexity index is 658. The summed E-state index contributed by atoms with van der Waals surface area (Å²) in [6, 6.07) is 13.0. The molecule has 110 valence electrons. The van der Waals surface area contributed by atoms with Crippen molar-refractivity contribution in [1.29, 1.82) is 0 Å². The molecule has 4 nitrogen and oxygen atoms in total. The Balaban J connectivity index is 2.13. The second-order valence-electron chi connectivity index (χ2n) is 5.08. The first-order valence-corrected chi connectivity index (χ1v) is 7.50. The largest absolute Gasteiger partial charge is 0.327 e. The van der Waals surface area contributed by atoms with E-state index in [9.17, 15) is 10.1 Å². The molecule has 21 heavy (non-hydrogen) atoms. The number of nitro benzene ring substituents is 1. The van der Waals surface area contributed by atoms with Crippen LogP contribution in [0.4, 0.5) is 5.69 Å². The van der Waals surface area contributed by atoms with Gasteiger partial charge in [-0.1, -0.05) is 46.3 Å². The first-order valence-electron chi connectivity index (χ1n) is 6.71. The van der Waals surface area contributed by atoms with E-state index in [4.69, 9.17) is 5.73 Å². The number of nitrogens with zero attached hydrogens (tertiary/aromatic N) is 1. The van der Waals surface area contributed by atoms with Crippen LogP contribution in [0.1, 0.15) is 16.7 Å². The Labute approximate surface area is 132 Å². The van der Waals surface area contributed by atoms with Crippen LogP contribution < -0.4 is 5.73 Å². The number of nitro groups is 1. The van der Waals surface area contributed by atoms with Crippen LogP contribution in [0.3, 0.4) is 0 Å². The molecule has 0 aromatic heterocycles. The van der Waals surface area contributed by atoms with E-state index in [1.807, 2.05) is 30.3 Å². The maximum absolute atomic E-state index is 11.0. The molecular formula is C16H17BrN2O2. The van der Waals surface area contributed by atoms with Crippen LogP contribution >= 0.6 is 15.9 Å². The second-order valence-corrected chi connectivity index (χ2v) is 5.93. The van der Waals surface area contributed by atoms with Gasteiger partial charge in [0.2, 0.25) is 0 Å². The highest BCUT2D eigenvalue weighted by atomic mass is 79.9. The lowest BCUT2D eigenvalue weighted by atomic mass is 9.96. The molecule has 1 atom stereocenters. The van der Waals surface area contributed by atoms with Crippen molar-refractivity contribution in [3.05, 3.63) is 73.7 Å². The summed E-state index contributed by atoms with van der Waals surface area (Å²) in [4.78, 5) is 10.6. The number of nitrogens with two attached hydrogens (primary N) is 1. The quantitative estimate of drug-likeness (QED) is 0.660. The van der Waals surface area contributed by atoms with E-state index in [0.717, 1.165) is 22.0 Å². The van der Waals surface area contributed by atoms with Gasteiger partial charge in [-0.25, -0.2) is 0 Å². The molecule has 0 bridgehead atoms. The zero-order valence-corrected chi connectivity index (χ0v) is 13.3. The van der Waals surface area contributed by atoms with E-state index in [1.165, 1.54) is 6.07 Å². The van der Waals surface area contributed by atoms with Gasteiger partial charge in [0.1, 0.15) is 0 Å². The zero-order valence-electron chi connectivity index (χ0n) is 11.8. The van der Waals surface area contributed by atoms with E-state index in [1.54, 1.807) is 13.0 Å². The Kier molecular flexibility index (Phi) is 5.09. The highest BCUT2D eigenvalue weighted by molar-refractivity contribution is 9.10. The van der Waals surface area contributed by atoms with Gasteiger partial charge in [0.25, 0.3) is 5.69 Å². The van der Waals surface area contributed by atoms with Gasteiger partial charge in [0.15, 0.2) is 0 Å². The maximum Gasteiger partial charge on any atom is 0.272 e. The maximum atomic E-state index is 11.0. The summed E-state index contributed by atoms with van der Waals surface area (Å²) in [6.07, 6.45) is 1.35. The predicted octanol–water partition coefficient (Wildman–Crippen LogP) is 3.78. The molecule has 0 saturated carbocycles. The number of rotatable bonds is 5. The van der Waals surface area contributed by atoms with Crippen molar-refractivity contribution in [3.8, 4) is 0 Å². The molecule has 0 fully saturated rings. The zero-order chi connectivity index (χ0) is 15.4. The summed E-state index contributed by atoms with van der Waals surface area (Å²) < 4.78 is 1.04. The van der Waals surface area contributed by atoms with Crippen LogP contribution in [0.25, 0.3) is 0 Å². The molecule has 0 saturated heterocycles. The molecule has 2 aromatic carbocycles. The van der Waals surface area contributed by atoms with Crippen LogP contribution in [0.2, 0.25) is 0 Å². The summed E-state index contributed by atoms with van der Waals surface area (Å²) in [7, 11) is 0. The van der Waals surface area contributed by atoms with E-state index < -0.39 is 0 Å². The standard InChI is InChI=1S/C16H17BrN2O2/c1-11-12(6-4-8-16(11)19(20)21)9-14(18)10-13-5-2-3-7-15(13)17/h2-8,14H,9-10,18H2,1H3. The van der Waals surface area contributed by atoms with Crippen molar-refractivity contribution in [3.63, 3.8) is 0 Å². The van der Waals surface area contributed by atoms with Gasteiger partial charge >= 0.3 is 0 Å². The average Bonchev–Trinajstić information content (AvgIpc) is 2.43. The molecule has 0 aliphatic carbocycles. The minimum absolute atomic E-state index is 0.0793. The van der Waals surface area contributed by atoms with E-state index in [2.05, 4.69) is 15.9 Å². The van der Waals surface area contributed by atoms with Crippen molar-refractivity contribution in [1.82, 2.24) is 0 Å². The van der Waals surface area contributed by atoms with Gasteiger partial charge in [-0.2, -0.15) is 0 Å². The first kappa shape index (κ1) is 15.7. The fourth-order valence-corrected chi connectivity index (χ4v) is 2.84. The lowest BCUT2D eigenvalue weighted by Gasteiger charge is -2.14. The molecular weight excluding hydrogens is 332 g/mol. The lowest BCUT2D eigenvalue weighted by Crippen LogP contribution is -2.26. The van der Waals surface area contributed by atoms with Crippen molar-refractivity contribution in [2.75, 3.05) is 0 Å². The van der Waals surface area contributed by atoms with Crippen LogP contribution in [0, 0.1) is 17.0 Å². The van der Waals surface area contributed by atoms with Crippen molar-refractivity contribution in [2.45, 2.75) is 25.8 Å². The number of hydrogen-bond donors (Lipinski definition) is 1. The Morgan fingerprint density at radius 3 is 2.43 bits per heavy atom. The number of benzene rings is 2. The van der Waals surface area contributed by atoms with Crippen molar-refractivity contribution >= 4 is 21.6 Å². The molecule has 0 aliphatic rings. The second kappa shape index (κ2) is 6.83. The van der Waals surface area contributed by atoms with E-state index >= 15 is 0 Å². The Morgan fingerprint density at radius 1 is 1.14 bits per heavy atom. The third-order valence-electron chi connectivity index (χ3n) is 3.54. The summed E-state index contributed by atoms with van der Waals surface area (Å²) in [5, 5.41) is 11.0. The smallest absolute Gasteiger partial charge is 0.272 e. The van der Waals surface area contributed by atoms with Crippen LogP contribution in [-0.4, -0.2) is 11.0 Å². The molecule has 1 unspecified atom stereocenters. The molecule has 0 amide bonds. The molecule has 2 N–H and O–H groups in total. The van der Waals surface area contributed by atoms with Gasteiger partial charge in [-0.05, 0) is 37.0 Å². The lowest BCUT2D eigenvalue weighted by molar-refractivity contribution is -0.385. The SMILES string of the molecule is Cc1c(CC(N)Cc2ccccc2Br)cccc1[N+](=O)[O-]. The first-order chi connectivity index (χ1) is 9.99. The topological polar surface area (TPSA) is 69.2 Å². The third kappa shape index (κ3) is 3.89. The van der Waals surface area contributed by atoms with Crippen LogP contribution in [0.15, 0.2) is 46.9 Å². The van der Waals surface area contributed by atoms with Gasteiger partial charge in [0, 0.05) is 22.1 Å². The van der Waals surface area contributed by atoms with Gasteiger partial charge in [0.05, 0.1) is 4.92 Å². The number of halogens is 1. The van der Waals surface area contributed by atoms with Crippen molar-refractivity contribution in [2.24, 2.45) is 5.73 Å². The molecule has 0 aliphatic heterocycles. The molecule has 2 rings (SSSR count). The Morgan fingerprint density at radius 2 is 1.76 bits per heavy atom. The molecule has 0 radical (unpaired) electrons. The fourth-order valence-electron chi connectivity index (χ4n) is 2.39. The molecule has 0 spiro atoms. The summed E-state index contributed by atoms with van der Waals surface area (Å²) in [5.41, 5.74) is 9.14. The van der Waals surface area contributed by atoms with Gasteiger partial charge in [-0.3, -0.25) is 10.1 Å². The monoisotopic (exact) mass is 348 g/mol. The molecule has 0 heterocycles. The van der Waals surface area contributed by atoms with Crippen LogP contribution in [0.5, 0.6) is 0 Å². The summed E-state index contributed by atoms with van der Waals surface area (Å²) in [5.74, 6) is 0. The normalized spacial score (nSPS) is 12.1. The van der Waals surface area contributed by atoms with E-state index in [-0.39, 0.29) is 16.7 Å². The summed E-state index contributed by atoms with van der Waals surface area (Å²) >= 11 is 3.51.